The van der Waals surface area contributed by atoms with Crippen LogP contribution in [0.5, 0.6) is 11.5 Å². The van der Waals surface area contributed by atoms with E-state index < -0.39 is 0 Å². The summed E-state index contributed by atoms with van der Waals surface area (Å²) in [7, 11) is 1.59. The molecule has 1 aromatic carbocycles. The maximum Gasteiger partial charge on any atom is 0.127 e. The molecule has 0 saturated carbocycles. The first-order chi connectivity index (χ1) is 7.70. The van der Waals surface area contributed by atoms with Gasteiger partial charge in [0.2, 0.25) is 0 Å². The van der Waals surface area contributed by atoms with Gasteiger partial charge in [-0.1, -0.05) is 32.3 Å². The zero-order valence-corrected chi connectivity index (χ0v) is 11.3. The van der Waals surface area contributed by atoms with Crippen molar-refractivity contribution in [2.75, 3.05) is 7.11 Å². The van der Waals surface area contributed by atoms with E-state index in [4.69, 9.17) is 10.5 Å². The molecule has 1 aromatic rings. The molecule has 4 heteroatoms. The van der Waals surface area contributed by atoms with E-state index in [1.54, 1.807) is 19.2 Å². The van der Waals surface area contributed by atoms with Gasteiger partial charge < -0.3 is 15.6 Å². The number of aromatic hydroxyl groups is 1. The average Bonchev–Trinajstić information content (AvgIpc) is 2.28. The predicted molar refractivity (Wildman–Crippen MR) is 73.0 cm³/mol. The monoisotopic (exact) mass is 259 g/mol. The van der Waals surface area contributed by atoms with Gasteiger partial charge in [-0.25, -0.2) is 0 Å². The van der Waals surface area contributed by atoms with Crippen LogP contribution in [0.4, 0.5) is 0 Å². The molecule has 0 aliphatic carbocycles. The molecule has 3 nitrogen and oxygen atoms in total. The number of nitrogens with two attached hydrogens (primary N) is 1. The van der Waals surface area contributed by atoms with Crippen molar-refractivity contribution in [2.24, 2.45) is 5.73 Å². The van der Waals surface area contributed by atoms with Crippen molar-refractivity contribution in [2.45, 2.75) is 38.6 Å². The van der Waals surface area contributed by atoms with Crippen LogP contribution in [0.1, 0.15) is 44.2 Å². The molecule has 0 fully saturated rings. The van der Waals surface area contributed by atoms with Crippen molar-refractivity contribution in [1.29, 1.82) is 0 Å². The van der Waals surface area contributed by atoms with E-state index in [9.17, 15) is 5.11 Å². The number of hydrogen-bond acceptors (Lipinski definition) is 3. The fourth-order valence-corrected chi connectivity index (χ4v) is 1.84. The van der Waals surface area contributed by atoms with Crippen LogP contribution in [-0.2, 0) is 0 Å². The van der Waals surface area contributed by atoms with Gasteiger partial charge in [-0.15, -0.1) is 12.4 Å². The molecule has 0 aromatic heterocycles. The highest BCUT2D eigenvalue weighted by Crippen LogP contribution is 2.34. The summed E-state index contributed by atoms with van der Waals surface area (Å²) in [5, 5.41) is 9.79. The zero-order chi connectivity index (χ0) is 12.0. The van der Waals surface area contributed by atoms with Gasteiger partial charge in [0.1, 0.15) is 11.5 Å². The summed E-state index contributed by atoms with van der Waals surface area (Å²) in [5.74, 6) is 0.896. The lowest BCUT2D eigenvalue weighted by Gasteiger charge is -2.16. The Kier molecular flexibility index (Phi) is 7.75. The number of rotatable bonds is 6. The van der Waals surface area contributed by atoms with Gasteiger partial charge in [0.05, 0.1) is 12.7 Å². The first-order valence-corrected chi connectivity index (χ1v) is 5.82. The van der Waals surface area contributed by atoms with Crippen LogP contribution in [0.3, 0.4) is 0 Å². The highest BCUT2D eigenvalue weighted by Gasteiger charge is 2.15. The molecular weight excluding hydrogens is 238 g/mol. The Balaban J connectivity index is 0.00000256. The molecule has 17 heavy (non-hydrogen) atoms. The lowest BCUT2D eigenvalue weighted by molar-refractivity contribution is 0.390. The van der Waals surface area contributed by atoms with Gasteiger partial charge in [0, 0.05) is 6.04 Å². The maximum absolute atomic E-state index is 9.79. The summed E-state index contributed by atoms with van der Waals surface area (Å²) >= 11 is 0. The highest BCUT2D eigenvalue weighted by atomic mass is 35.5. The van der Waals surface area contributed by atoms with Crippen molar-refractivity contribution in [3.05, 3.63) is 23.8 Å². The number of phenolic OH excluding ortho intramolecular Hbond substituents is 1. The van der Waals surface area contributed by atoms with Crippen molar-refractivity contribution in [3.8, 4) is 11.5 Å². The molecule has 0 saturated heterocycles. The average molecular weight is 260 g/mol. The van der Waals surface area contributed by atoms with E-state index >= 15 is 0 Å². The summed E-state index contributed by atoms with van der Waals surface area (Å²) in [4.78, 5) is 0. The van der Waals surface area contributed by atoms with Crippen LogP contribution < -0.4 is 10.5 Å². The van der Waals surface area contributed by atoms with Crippen molar-refractivity contribution in [1.82, 2.24) is 0 Å². The van der Waals surface area contributed by atoms with Crippen LogP contribution in [0.2, 0.25) is 0 Å². The molecule has 0 amide bonds. The van der Waals surface area contributed by atoms with Crippen LogP contribution in [0.15, 0.2) is 18.2 Å². The summed E-state index contributed by atoms with van der Waals surface area (Å²) in [6.07, 6.45) is 4.30. The summed E-state index contributed by atoms with van der Waals surface area (Å²) in [6.45, 7) is 2.16. The molecule has 0 unspecified atom stereocenters. The number of ether oxygens (including phenoxy) is 1. The fourth-order valence-electron chi connectivity index (χ4n) is 1.84. The Morgan fingerprint density at radius 2 is 2.06 bits per heavy atom. The molecule has 0 radical (unpaired) electrons. The number of hydrogen-bond donors (Lipinski definition) is 2. The molecule has 98 valence electrons. The Labute approximate surface area is 109 Å². The largest absolute Gasteiger partial charge is 0.507 e. The third-order valence-corrected chi connectivity index (χ3v) is 2.75. The molecule has 1 atom stereocenters. The van der Waals surface area contributed by atoms with Crippen LogP contribution in [0, 0.1) is 0 Å². The number of methoxy groups -OCH3 is 1. The predicted octanol–water partition coefficient (Wildman–Crippen LogP) is 3.40. The van der Waals surface area contributed by atoms with Crippen LogP contribution in [0.25, 0.3) is 0 Å². The van der Waals surface area contributed by atoms with Crippen molar-refractivity contribution < 1.29 is 9.84 Å². The van der Waals surface area contributed by atoms with Gasteiger partial charge in [-0.05, 0) is 18.6 Å². The minimum Gasteiger partial charge on any atom is -0.507 e. The van der Waals surface area contributed by atoms with E-state index in [-0.39, 0.29) is 24.2 Å². The normalized spacial score (nSPS) is 11.7. The smallest absolute Gasteiger partial charge is 0.127 e. The minimum atomic E-state index is -0.150. The number of phenols is 1. The second-order valence-corrected chi connectivity index (χ2v) is 4.00. The van der Waals surface area contributed by atoms with E-state index in [1.807, 2.05) is 6.07 Å². The number of benzene rings is 1. The molecule has 0 aliphatic heterocycles. The lowest BCUT2D eigenvalue weighted by Crippen LogP contribution is -2.11. The Morgan fingerprint density at radius 1 is 1.35 bits per heavy atom. The first kappa shape index (κ1) is 16.1. The standard InChI is InChI=1S/C13H21NO2.ClH/c1-3-4-5-7-10(14)13-11(15)8-6-9-12(13)16-2;/h6,8-10,15H,3-5,7,14H2,1-2H3;1H/t10-;/m1./s1. The third-order valence-electron chi connectivity index (χ3n) is 2.75. The van der Waals surface area contributed by atoms with Crippen molar-refractivity contribution in [3.63, 3.8) is 0 Å². The molecule has 0 heterocycles. The Morgan fingerprint density at radius 3 is 2.65 bits per heavy atom. The molecule has 3 N–H and O–H groups in total. The maximum atomic E-state index is 9.79. The quantitative estimate of drug-likeness (QED) is 0.770. The second kappa shape index (κ2) is 8.20. The van der Waals surface area contributed by atoms with Crippen molar-refractivity contribution >= 4 is 12.4 Å². The SMILES string of the molecule is CCCCC[C@@H](N)c1c(O)cccc1OC.Cl. The lowest BCUT2D eigenvalue weighted by atomic mass is 9.99. The zero-order valence-electron chi connectivity index (χ0n) is 10.5. The topological polar surface area (TPSA) is 55.5 Å². The van der Waals surface area contributed by atoms with Gasteiger partial charge in [0.25, 0.3) is 0 Å². The molecule has 1 rings (SSSR count). The molecule has 0 spiro atoms. The third kappa shape index (κ3) is 4.44. The summed E-state index contributed by atoms with van der Waals surface area (Å²) < 4.78 is 5.21. The molecule has 0 bridgehead atoms. The molecule has 0 aliphatic rings. The van der Waals surface area contributed by atoms with Gasteiger partial charge in [0.15, 0.2) is 0 Å². The van der Waals surface area contributed by atoms with E-state index in [1.165, 1.54) is 12.8 Å². The number of unbranched alkanes of at least 4 members (excludes halogenated alkanes) is 2. The van der Waals surface area contributed by atoms with Crippen LogP contribution >= 0.6 is 12.4 Å². The minimum absolute atomic E-state index is 0. The fraction of sp³-hybridized carbons (Fsp3) is 0.538. The van der Waals surface area contributed by atoms with Gasteiger partial charge >= 0.3 is 0 Å². The summed E-state index contributed by atoms with van der Waals surface area (Å²) in [6, 6.07) is 5.09. The Hall–Kier alpha value is -0.930. The first-order valence-electron chi connectivity index (χ1n) is 5.82. The second-order valence-electron chi connectivity index (χ2n) is 4.00. The molecular formula is C13H22ClNO2. The van der Waals surface area contributed by atoms with Crippen LogP contribution in [-0.4, -0.2) is 12.2 Å². The van der Waals surface area contributed by atoms with E-state index in [0.29, 0.717) is 5.75 Å². The van der Waals surface area contributed by atoms with Gasteiger partial charge in [-0.2, -0.15) is 0 Å². The highest BCUT2D eigenvalue weighted by molar-refractivity contribution is 5.85. The van der Waals surface area contributed by atoms with E-state index in [0.717, 1.165) is 18.4 Å². The number of halogens is 1. The Bertz CT molecular complexity index is 331. The van der Waals surface area contributed by atoms with Gasteiger partial charge in [-0.3, -0.25) is 0 Å². The van der Waals surface area contributed by atoms with E-state index in [2.05, 4.69) is 6.92 Å². The summed E-state index contributed by atoms with van der Waals surface area (Å²) in [5.41, 5.74) is 6.80.